The maximum absolute atomic E-state index is 10.7. The summed E-state index contributed by atoms with van der Waals surface area (Å²) in [6, 6.07) is 4.43. The highest BCUT2D eigenvalue weighted by atomic mass is 32.3. The van der Waals surface area contributed by atoms with E-state index in [4.69, 9.17) is 22.3 Å². The van der Waals surface area contributed by atoms with Gasteiger partial charge in [-0.25, -0.2) is 5.43 Å². The molecule has 1 aromatic carbocycles. The molecule has 0 spiro atoms. The number of hydrogen-bond acceptors (Lipinski definition) is 8. The number of nitrogens with one attached hydrogen (secondary N) is 2. The van der Waals surface area contributed by atoms with Crippen LogP contribution < -0.4 is 15.6 Å². The molecule has 0 heterocycles. The highest BCUT2D eigenvalue weighted by molar-refractivity contribution is 7.79. The number of nitro groups is 1. The van der Waals surface area contributed by atoms with E-state index in [-0.39, 0.29) is 5.69 Å². The van der Waals surface area contributed by atoms with Crippen LogP contribution in [-0.2, 0) is 10.4 Å². The predicted molar refractivity (Wildman–Crippen MR) is 88.6 cm³/mol. The summed E-state index contributed by atoms with van der Waals surface area (Å²) in [7, 11) is 0.881. The average molecular weight is 366 g/mol. The molecule has 1 rings (SSSR count). The molecule has 0 atom stereocenters. The smallest absolute Gasteiger partial charge is 0.394 e. The third-order valence-electron chi connectivity index (χ3n) is 2.52. The molecule has 0 aliphatic heterocycles. The molecule has 0 radical (unpaired) electrons. The van der Waals surface area contributed by atoms with Crippen molar-refractivity contribution in [1.29, 1.82) is 0 Å². The van der Waals surface area contributed by atoms with Crippen LogP contribution in [-0.4, -0.2) is 61.6 Å². The molecule has 24 heavy (non-hydrogen) atoms. The summed E-state index contributed by atoms with van der Waals surface area (Å²) < 4.78 is 36.7. The zero-order chi connectivity index (χ0) is 18.8. The Kier molecular flexibility index (Phi) is 9.83. The van der Waals surface area contributed by atoms with E-state index in [9.17, 15) is 10.1 Å². The molecule has 138 valence electrons. The number of nitro benzene ring substituents is 1. The van der Waals surface area contributed by atoms with Crippen molar-refractivity contribution in [1.82, 2.24) is 10.3 Å². The SMILES string of the molecule is COc1ccc([N+](=O)[O-])cc1NNCCCN(C)C.O=S(=O)(O)O. The monoisotopic (exact) mass is 366 g/mol. The van der Waals surface area contributed by atoms with Gasteiger partial charge in [-0.1, -0.05) is 0 Å². The van der Waals surface area contributed by atoms with Crippen LogP contribution >= 0.6 is 0 Å². The van der Waals surface area contributed by atoms with Gasteiger partial charge < -0.3 is 15.1 Å². The second-order valence-corrected chi connectivity index (χ2v) is 5.69. The minimum atomic E-state index is -4.67. The van der Waals surface area contributed by atoms with Crippen LogP contribution in [0.15, 0.2) is 18.2 Å². The van der Waals surface area contributed by atoms with Gasteiger partial charge in [-0.05, 0) is 33.1 Å². The standard InChI is InChI=1S/C12H20N4O3.H2O4S/c1-15(2)8-4-7-13-14-11-9-10(16(17)18)5-6-12(11)19-3;1-5(2,3)4/h5-6,9,13-14H,4,7-8H2,1-3H3;(H2,1,2,3,4). The summed E-state index contributed by atoms with van der Waals surface area (Å²) in [5, 5.41) is 10.7. The zero-order valence-electron chi connectivity index (χ0n) is 13.6. The molecule has 0 bridgehead atoms. The Bertz CT molecular complexity index is 614. The molecule has 4 N–H and O–H groups in total. The molecular weight excluding hydrogens is 344 g/mol. The normalized spacial score (nSPS) is 10.8. The first-order valence-corrected chi connectivity index (χ1v) is 8.10. The van der Waals surface area contributed by atoms with Gasteiger partial charge >= 0.3 is 10.4 Å². The largest absolute Gasteiger partial charge is 0.495 e. The Morgan fingerprint density at radius 3 is 2.38 bits per heavy atom. The first-order chi connectivity index (χ1) is 11.0. The number of anilines is 1. The maximum Gasteiger partial charge on any atom is 0.394 e. The van der Waals surface area contributed by atoms with Gasteiger partial charge in [0, 0.05) is 18.7 Å². The van der Waals surface area contributed by atoms with Gasteiger partial charge in [0.1, 0.15) is 5.75 Å². The van der Waals surface area contributed by atoms with Crippen molar-refractivity contribution in [3.05, 3.63) is 28.3 Å². The van der Waals surface area contributed by atoms with Gasteiger partial charge in [0.15, 0.2) is 0 Å². The molecule has 0 saturated carbocycles. The number of non-ortho nitro benzene ring substituents is 1. The van der Waals surface area contributed by atoms with Crippen molar-refractivity contribution in [3.8, 4) is 5.75 Å². The van der Waals surface area contributed by atoms with E-state index < -0.39 is 15.3 Å². The Hall–Kier alpha value is -1.99. The summed E-state index contributed by atoms with van der Waals surface area (Å²) >= 11 is 0. The fraction of sp³-hybridized carbons (Fsp3) is 0.500. The lowest BCUT2D eigenvalue weighted by molar-refractivity contribution is -0.384. The fourth-order valence-electron chi connectivity index (χ4n) is 1.55. The summed E-state index contributed by atoms with van der Waals surface area (Å²) in [4.78, 5) is 12.4. The van der Waals surface area contributed by atoms with Crippen molar-refractivity contribution in [2.45, 2.75) is 6.42 Å². The van der Waals surface area contributed by atoms with Crippen LogP contribution in [0.25, 0.3) is 0 Å². The number of benzene rings is 1. The second kappa shape index (κ2) is 10.7. The van der Waals surface area contributed by atoms with E-state index in [2.05, 4.69) is 15.8 Å². The second-order valence-electron chi connectivity index (χ2n) is 4.80. The summed E-state index contributed by atoms with van der Waals surface area (Å²) in [6.45, 7) is 1.73. The average Bonchev–Trinajstić information content (AvgIpc) is 2.44. The van der Waals surface area contributed by atoms with Crippen molar-refractivity contribution >= 4 is 21.8 Å². The number of nitrogens with zero attached hydrogens (tertiary/aromatic N) is 2. The van der Waals surface area contributed by atoms with Crippen LogP contribution in [0.3, 0.4) is 0 Å². The number of rotatable bonds is 8. The lowest BCUT2D eigenvalue weighted by Crippen LogP contribution is -2.26. The molecule has 0 unspecified atom stereocenters. The molecule has 0 aliphatic rings. The maximum atomic E-state index is 10.7. The van der Waals surface area contributed by atoms with Crippen LogP contribution in [0.5, 0.6) is 5.75 Å². The van der Waals surface area contributed by atoms with Gasteiger partial charge in [0.25, 0.3) is 5.69 Å². The van der Waals surface area contributed by atoms with E-state index in [0.717, 1.165) is 19.5 Å². The third-order valence-corrected chi connectivity index (χ3v) is 2.52. The number of methoxy groups -OCH3 is 1. The van der Waals surface area contributed by atoms with Gasteiger partial charge in [-0.3, -0.25) is 19.2 Å². The highest BCUT2D eigenvalue weighted by Crippen LogP contribution is 2.28. The summed E-state index contributed by atoms with van der Waals surface area (Å²) in [5.74, 6) is 0.561. The lowest BCUT2D eigenvalue weighted by Gasteiger charge is -2.13. The van der Waals surface area contributed by atoms with Gasteiger partial charge in [-0.2, -0.15) is 8.42 Å². The number of hydrazine groups is 1. The first kappa shape index (κ1) is 22.0. The van der Waals surface area contributed by atoms with E-state index in [1.165, 1.54) is 19.2 Å². The van der Waals surface area contributed by atoms with Crippen molar-refractivity contribution in [3.63, 3.8) is 0 Å². The highest BCUT2D eigenvalue weighted by Gasteiger charge is 2.10. The molecule has 0 saturated heterocycles. The van der Waals surface area contributed by atoms with Gasteiger partial charge in [-0.15, -0.1) is 0 Å². The minimum Gasteiger partial charge on any atom is -0.495 e. The zero-order valence-corrected chi connectivity index (χ0v) is 14.4. The summed E-state index contributed by atoms with van der Waals surface area (Å²) in [6.07, 6.45) is 0.969. The van der Waals surface area contributed by atoms with E-state index in [0.29, 0.717) is 11.4 Å². The molecule has 0 aromatic heterocycles. The summed E-state index contributed by atoms with van der Waals surface area (Å²) in [5.41, 5.74) is 6.54. The lowest BCUT2D eigenvalue weighted by atomic mass is 10.2. The van der Waals surface area contributed by atoms with Crippen LogP contribution in [0.2, 0.25) is 0 Å². The minimum absolute atomic E-state index is 0.0263. The Balaban J connectivity index is 0.000000922. The molecule has 0 amide bonds. The Labute approximate surface area is 140 Å². The third kappa shape index (κ3) is 11.6. The quantitative estimate of drug-likeness (QED) is 0.225. The van der Waals surface area contributed by atoms with Gasteiger partial charge in [0.05, 0.1) is 17.7 Å². The Morgan fingerprint density at radius 1 is 1.33 bits per heavy atom. The molecule has 12 heteroatoms. The van der Waals surface area contributed by atoms with Crippen LogP contribution in [0.1, 0.15) is 6.42 Å². The topological polar surface area (TPSA) is 154 Å². The first-order valence-electron chi connectivity index (χ1n) is 6.70. The Morgan fingerprint density at radius 2 is 1.92 bits per heavy atom. The molecule has 1 aromatic rings. The molecular formula is C12H22N4O7S. The van der Waals surface area contributed by atoms with Gasteiger partial charge in [0.2, 0.25) is 0 Å². The number of ether oxygens (including phenoxy) is 1. The van der Waals surface area contributed by atoms with E-state index >= 15 is 0 Å². The van der Waals surface area contributed by atoms with E-state index in [1.807, 2.05) is 14.1 Å². The van der Waals surface area contributed by atoms with E-state index in [1.54, 1.807) is 6.07 Å². The van der Waals surface area contributed by atoms with Crippen molar-refractivity contribution in [2.24, 2.45) is 0 Å². The predicted octanol–water partition coefficient (Wildman–Crippen LogP) is 0.819. The molecule has 0 aliphatic carbocycles. The van der Waals surface area contributed by atoms with Crippen LogP contribution in [0.4, 0.5) is 11.4 Å². The van der Waals surface area contributed by atoms with Crippen molar-refractivity contribution < 1.29 is 27.2 Å². The molecule has 0 fully saturated rings. The number of hydrogen-bond donors (Lipinski definition) is 4. The van der Waals surface area contributed by atoms with Crippen LogP contribution in [0, 0.1) is 10.1 Å². The molecule has 11 nitrogen and oxygen atoms in total. The fourth-order valence-corrected chi connectivity index (χ4v) is 1.55. The van der Waals surface area contributed by atoms with Crippen molar-refractivity contribution in [2.75, 3.05) is 39.7 Å².